The number of para-hydroxylation sites is 4. The predicted octanol–water partition coefficient (Wildman–Crippen LogP) is 11.5. The number of fused-ring (bicyclic) bond motifs is 6. The van der Waals surface area contributed by atoms with Crippen LogP contribution in [0, 0.1) is 0 Å². The maximum Gasteiger partial charge on any atom is 0.182 e. The van der Waals surface area contributed by atoms with Gasteiger partial charge in [-0.1, -0.05) is 109 Å². The van der Waals surface area contributed by atoms with E-state index in [1.165, 1.54) is 21.5 Å². The van der Waals surface area contributed by atoms with Crippen molar-refractivity contribution in [2.75, 3.05) is 0 Å². The monoisotopic (exact) mass is 717 g/mol. The summed E-state index contributed by atoms with van der Waals surface area (Å²) in [4.78, 5) is 23.6. The van der Waals surface area contributed by atoms with E-state index in [4.69, 9.17) is 15.0 Å². The maximum atomic E-state index is 4.89. The van der Waals surface area contributed by atoms with Crippen molar-refractivity contribution in [3.05, 3.63) is 188 Å². The summed E-state index contributed by atoms with van der Waals surface area (Å²) in [5.74, 6) is 1.54. The second-order valence-corrected chi connectivity index (χ2v) is 13.8. The Balaban J connectivity index is 1.11. The van der Waals surface area contributed by atoms with Crippen molar-refractivity contribution in [2.45, 2.75) is 0 Å². The van der Waals surface area contributed by atoms with Crippen LogP contribution in [0.3, 0.4) is 0 Å². The SMILES string of the molecule is c1ccc(-c2nc(-c3ccc(-c4cc(-n5c6ccccc6c6ccccc65)cc(-n5c6ccccc6c6ccccc65)c4)cc3)nc(-c3ccccn3)n2)nc1. The second kappa shape index (κ2) is 13.0. The van der Waals surface area contributed by atoms with Crippen molar-refractivity contribution >= 4 is 43.6 Å². The minimum atomic E-state index is 0.495. The molecule has 0 N–H and O–H groups in total. The molecule has 0 radical (unpaired) electrons. The highest BCUT2D eigenvalue weighted by molar-refractivity contribution is 6.10. The molecule has 0 unspecified atom stereocenters. The van der Waals surface area contributed by atoms with E-state index in [9.17, 15) is 0 Å². The molecule has 0 saturated carbocycles. The highest BCUT2D eigenvalue weighted by Gasteiger charge is 2.18. The third-order valence-corrected chi connectivity index (χ3v) is 10.5. The van der Waals surface area contributed by atoms with Crippen LogP contribution in [0.25, 0.3) is 101 Å². The average Bonchev–Trinajstić information content (AvgIpc) is 3.80. The van der Waals surface area contributed by atoms with Crippen molar-refractivity contribution in [3.8, 4) is 56.9 Å². The number of hydrogen-bond acceptors (Lipinski definition) is 5. The van der Waals surface area contributed by atoms with Gasteiger partial charge in [0.05, 0.1) is 22.1 Å². The van der Waals surface area contributed by atoms with Crippen LogP contribution in [0.5, 0.6) is 0 Å². The fourth-order valence-corrected chi connectivity index (χ4v) is 7.96. The molecule has 0 bridgehead atoms. The van der Waals surface area contributed by atoms with Crippen LogP contribution in [-0.4, -0.2) is 34.1 Å². The fraction of sp³-hybridized carbons (Fsp3) is 0. The van der Waals surface area contributed by atoms with Gasteiger partial charge in [0, 0.05) is 50.9 Å². The van der Waals surface area contributed by atoms with Crippen LogP contribution in [0.15, 0.2) is 188 Å². The first kappa shape index (κ1) is 31.7. The van der Waals surface area contributed by atoms with Gasteiger partial charge in [-0.25, -0.2) is 15.0 Å². The number of nitrogens with zero attached hydrogens (tertiary/aromatic N) is 7. The Labute approximate surface area is 321 Å². The number of benzene rings is 6. The first-order chi connectivity index (χ1) is 27.8. The lowest BCUT2D eigenvalue weighted by molar-refractivity contribution is 1.05. The predicted molar refractivity (Wildman–Crippen MR) is 226 cm³/mol. The molecular weight excluding hydrogens is 687 g/mol. The normalized spacial score (nSPS) is 11.6. The van der Waals surface area contributed by atoms with Crippen molar-refractivity contribution in [2.24, 2.45) is 0 Å². The van der Waals surface area contributed by atoms with Gasteiger partial charge in [0.2, 0.25) is 0 Å². The van der Waals surface area contributed by atoms with Gasteiger partial charge in [0.1, 0.15) is 11.4 Å². The summed E-state index contributed by atoms with van der Waals surface area (Å²) in [6.07, 6.45) is 3.49. The van der Waals surface area contributed by atoms with Gasteiger partial charge in [-0.3, -0.25) is 9.97 Å². The molecule has 7 heteroatoms. The Morgan fingerprint density at radius 3 is 1.09 bits per heavy atom. The first-order valence-corrected chi connectivity index (χ1v) is 18.6. The van der Waals surface area contributed by atoms with E-state index >= 15 is 0 Å². The van der Waals surface area contributed by atoms with Gasteiger partial charge < -0.3 is 9.13 Å². The summed E-state index contributed by atoms with van der Waals surface area (Å²) < 4.78 is 4.78. The number of rotatable bonds is 6. The van der Waals surface area contributed by atoms with Gasteiger partial charge >= 0.3 is 0 Å². The minimum absolute atomic E-state index is 0.495. The second-order valence-electron chi connectivity index (χ2n) is 13.8. The highest BCUT2D eigenvalue weighted by atomic mass is 15.1. The lowest BCUT2D eigenvalue weighted by Crippen LogP contribution is -2.02. The largest absolute Gasteiger partial charge is 0.309 e. The zero-order valence-corrected chi connectivity index (χ0v) is 30.0. The molecule has 6 aromatic carbocycles. The lowest BCUT2D eigenvalue weighted by Gasteiger charge is -2.16. The molecule has 0 amide bonds. The van der Waals surface area contributed by atoms with Crippen LogP contribution in [-0.2, 0) is 0 Å². The maximum absolute atomic E-state index is 4.89. The van der Waals surface area contributed by atoms with Crippen LogP contribution >= 0.6 is 0 Å². The fourth-order valence-electron chi connectivity index (χ4n) is 7.96. The van der Waals surface area contributed by atoms with Gasteiger partial charge in [0.25, 0.3) is 0 Å². The molecule has 5 heterocycles. The molecule has 0 fully saturated rings. The number of hydrogen-bond donors (Lipinski definition) is 0. The lowest BCUT2D eigenvalue weighted by atomic mass is 10.0. The van der Waals surface area contributed by atoms with Gasteiger partial charge in [-0.05, 0) is 77.9 Å². The topological polar surface area (TPSA) is 74.3 Å². The Hall–Kier alpha value is -7.77. The Morgan fingerprint density at radius 1 is 0.304 bits per heavy atom. The van der Waals surface area contributed by atoms with Crippen molar-refractivity contribution in [3.63, 3.8) is 0 Å². The Kier molecular flexibility index (Phi) is 7.35. The smallest absolute Gasteiger partial charge is 0.182 e. The summed E-state index contributed by atoms with van der Waals surface area (Å²) in [5.41, 5.74) is 11.2. The zero-order chi connectivity index (χ0) is 37.0. The molecule has 5 aromatic heterocycles. The molecular formula is C49H31N7. The summed E-state index contributed by atoms with van der Waals surface area (Å²) in [6, 6.07) is 61.5. The summed E-state index contributed by atoms with van der Waals surface area (Å²) >= 11 is 0. The summed E-state index contributed by atoms with van der Waals surface area (Å²) in [5, 5.41) is 4.90. The minimum Gasteiger partial charge on any atom is -0.309 e. The molecule has 11 rings (SSSR count). The third-order valence-electron chi connectivity index (χ3n) is 10.5. The molecule has 0 aliphatic carbocycles. The molecule has 11 aromatic rings. The molecule has 0 aliphatic rings. The van der Waals surface area contributed by atoms with Crippen molar-refractivity contribution < 1.29 is 0 Å². The van der Waals surface area contributed by atoms with Crippen LogP contribution in [0.2, 0.25) is 0 Å². The molecule has 0 atom stereocenters. The van der Waals surface area contributed by atoms with Gasteiger partial charge in [-0.15, -0.1) is 0 Å². The van der Waals surface area contributed by atoms with E-state index in [0.29, 0.717) is 28.9 Å². The van der Waals surface area contributed by atoms with Gasteiger partial charge in [-0.2, -0.15) is 0 Å². The van der Waals surface area contributed by atoms with Crippen LogP contribution in [0.4, 0.5) is 0 Å². The Morgan fingerprint density at radius 2 is 0.679 bits per heavy atom. The van der Waals surface area contributed by atoms with Crippen molar-refractivity contribution in [1.29, 1.82) is 0 Å². The molecule has 0 spiro atoms. The van der Waals surface area contributed by atoms with E-state index in [2.05, 4.69) is 159 Å². The van der Waals surface area contributed by atoms with E-state index < -0.39 is 0 Å². The van der Waals surface area contributed by atoms with Crippen LogP contribution < -0.4 is 0 Å². The van der Waals surface area contributed by atoms with Crippen molar-refractivity contribution in [1.82, 2.24) is 34.1 Å². The molecule has 0 aliphatic heterocycles. The zero-order valence-electron chi connectivity index (χ0n) is 30.0. The first-order valence-electron chi connectivity index (χ1n) is 18.6. The van der Waals surface area contributed by atoms with E-state index in [0.717, 1.165) is 50.1 Å². The van der Waals surface area contributed by atoms with Gasteiger partial charge in [0.15, 0.2) is 17.5 Å². The third kappa shape index (κ3) is 5.25. The number of aromatic nitrogens is 7. The highest BCUT2D eigenvalue weighted by Crippen LogP contribution is 2.38. The van der Waals surface area contributed by atoms with E-state index in [-0.39, 0.29) is 0 Å². The van der Waals surface area contributed by atoms with E-state index in [1.54, 1.807) is 12.4 Å². The summed E-state index contributed by atoms with van der Waals surface area (Å²) in [7, 11) is 0. The quantitative estimate of drug-likeness (QED) is 0.171. The average molecular weight is 718 g/mol. The van der Waals surface area contributed by atoms with Crippen LogP contribution in [0.1, 0.15) is 0 Å². The standard InChI is InChI=1S/C49H31N7/c1-5-19-43-37(13-1)38-14-2-6-20-44(38)55(43)35-29-34(30-36(31-35)56-45-21-7-3-15-39(45)40-16-4-8-22-46(40)56)32-23-25-33(26-24-32)47-52-48(41-17-9-11-27-50-41)54-49(53-47)42-18-10-12-28-51-42/h1-31H. The summed E-state index contributed by atoms with van der Waals surface area (Å²) in [6.45, 7) is 0. The molecule has 56 heavy (non-hydrogen) atoms. The molecule has 7 nitrogen and oxygen atoms in total. The number of pyridine rings is 2. The molecule has 262 valence electrons. The van der Waals surface area contributed by atoms with E-state index in [1.807, 2.05) is 36.4 Å². The molecule has 0 saturated heterocycles. The Bertz CT molecular complexity index is 2940.